The zero-order valence-electron chi connectivity index (χ0n) is 11.3. The van der Waals surface area contributed by atoms with Gasteiger partial charge in [0.2, 0.25) is 0 Å². The molecule has 0 aromatic heterocycles. The molecule has 8 heteroatoms. The molecule has 0 heterocycles. The summed E-state index contributed by atoms with van der Waals surface area (Å²) in [4.78, 5) is 10.1. The number of hydrogen-bond donors (Lipinski definition) is 1. The van der Waals surface area contributed by atoms with Crippen molar-refractivity contribution < 1.29 is 18.1 Å². The van der Waals surface area contributed by atoms with Crippen LogP contribution < -0.4 is 5.43 Å². The summed E-state index contributed by atoms with van der Waals surface area (Å²) in [5.74, 6) is 0.796. The van der Waals surface area contributed by atoms with Crippen LogP contribution in [-0.2, 0) is 6.18 Å². The molecule has 5 nitrogen and oxygen atoms in total. The monoisotopic (exact) mass is 311 g/mol. The van der Waals surface area contributed by atoms with E-state index in [0.717, 1.165) is 30.7 Å². The smallest absolute Gasteiger partial charge is 0.272 e. The number of anilines is 1. The molecule has 0 aliphatic heterocycles. The summed E-state index contributed by atoms with van der Waals surface area (Å²) in [7, 11) is 0. The first-order chi connectivity index (χ1) is 10.4. The van der Waals surface area contributed by atoms with Crippen molar-refractivity contribution in [3.05, 3.63) is 46.0 Å². The predicted molar refractivity (Wildman–Crippen MR) is 74.5 cm³/mol. The minimum Gasteiger partial charge on any atom is -0.272 e. The van der Waals surface area contributed by atoms with Crippen molar-refractivity contribution >= 4 is 17.1 Å². The van der Waals surface area contributed by atoms with Gasteiger partial charge in [0.15, 0.2) is 0 Å². The topological polar surface area (TPSA) is 67.5 Å². The van der Waals surface area contributed by atoms with Crippen LogP contribution in [0.25, 0.3) is 0 Å². The van der Waals surface area contributed by atoms with Crippen LogP contribution in [0.2, 0.25) is 0 Å². The van der Waals surface area contributed by atoms with Gasteiger partial charge in [-0.15, -0.1) is 0 Å². The highest BCUT2D eigenvalue weighted by Gasteiger charge is 2.38. The SMILES string of the molecule is O=[N+]([O-])c1cc(C(F)(F)F)ccc1N/N=C1/C[C@@H]2C=CC[C@@H]12. The van der Waals surface area contributed by atoms with E-state index >= 15 is 0 Å². The van der Waals surface area contributed by atoms with Gasteiger partial charge in [0.1, 0.15) is 5.69 Å². The Balaban J connectivity index is 1.81. The summed E-state index contributed by atoms with van der Waals surface area (Å²) in [5.41, 5.74) is 1.70. The average Bonchev–Trinajstić information content (AvgIpc) is 2.79. The molecule has 2 atom stereocenters. The number of nitrogens with one attached hydrogen (secondary N) is 1. The van der Waals surface area contributed by atoms with E-state index in [9.17, 15) is 23.3 Å². The summed E-state index contributed by atoms with van der Waals surface area (Å²) in [6.07, 6.45) is 1.23. The lowest BCUT2D eigenvalue weighted by Crippen LogP contribution is -2.33. The molecule has 1 N–H and O–H groups in total. The minimum absolute atomic E-state index is 0.0418. The maximum Gasteiger partial charge on any atom is 0.416 e. The van der Waals surface area contributed by atoms with E-state index in [0.29, 0.717) is 17.9 Å². The molecular weight excluding hydrogens is 299 g/mol. The molecule has 116 valence electrons. The average molecular weight is 311 g/mol. The van der Waals surface area contributed by atoms with Crippen molar-refractivity contribution in [2.45, 2.75) is 19.0 Å². The van der Waals surface area contributed by atoms with Crippen LogP contribution in [0.15, 0.2) is 35.5 Å². The molecule has 1 aromatic carbocycles. The Morgan fingerprint density at radius 1 is 1.36 bits per heavy atom. The summed E-state index contributed by atoms with van der Waals surface area (Å²) in [5, 5.41) is 15.1. The van der Waals surface area contributed by atoms with E-state index in [2.05, 4.69) is 22.7 Å². The van der Waals surface area contributed by atoms with Crippen molar-refractivity contribution in [3.63, 3.8) is 0 Å². The van der Waals surface area contributed by atoms with Gasteiger partial charge in [0, 0.05) is 17.7 Å². The number of allylic oxidation sites excluding steroid dienone is 2. The molecule has 3 rings (SSSR count). The third-order valence-corrected chi connectivity index (χ3v) is 4.00. The fraction of sp³-hybridized carbons (Fsp3) is 0.357. The summed E-state index contributed by atoms with van der Waals surface area (Å²) in [6.45, 7) is 0. The van der Waals surface area contributed by atoms with Gasteiger partial charge < -0.3 is 0 Å². The first kappa shape index (κ1) is 14.6. The molecule has 1 fully saturated rings. The first-order valence-corrected chi connectivity index (χ1v) is 6.71. The Morgan fingerprint density at radius 3 is 2.77 bits per heavy atom. The van der Waals surface area contributed by atoms with E-state index in [1.165, 1.54) is 0 Å². The predicted octanol–water partition coefficient (Wildman–Crippen LogP) is 3.98. The lowest BCUT2D eigenvalue weighted by molar-refractivity contribution is -0.384. The molecule has 0 amide bonds. The molecule has 22 heavy (non-hydrogen) atoms. The number of fused-ring (bicyclic) bond motifs is 1. The Labute approximate surface area is 123 Å². The van der Waals surface area contributed by atoms with Gasteiger partial charge in [-0.2, -0.15) is 18.3 Å². The molecule has 0 spiro atoms. The van der Waals surface area contributed by atoms with E-state index in [4.69, 9.17) is 0 Å². The molecule has 0 bridgehead atoms. The lowest BCUT2D eigenvalue weighted by atomic mass is 9.74. The maximum atomic E-state index is 12.6. The highest BCUT2D eigenvalue weighted by Crippen LogP contribution is 2.40. The lowest BCUT2D eigenvalue weighted by Gasteiger charge is -2.31. The number of hydrazone groups is 1. The van der Waals surface area contributed by atoms with Crippen molar-refractivity contribution in [1.29, 1.82) is 0 Å². The third kappa shape index (κ3) is 2.56. The largest absolute Gasteiger partial charge is 0.416 e. The van der Waals surface area contributed by atoms with Crippen LogP contribution in [0.5, 0.6) is 0 Å². The number of benzene rings is 1. The fourth-order valence-corrected chi connectivity index (χ4v) is 2.75. The Bertz CT molecular complexity index is 682. The normalized spacial score (nSPS) is 25.0. The van der Waals surface area contributed by atoms with Crippen LogP contribution in [0.4, 0.5) is 24.5 Å². The van der Waals surface area contributed by atoms with E-state index < -0.39 is 22.4 Å². The van der Waals surface area contributed by atoms with Crippen molar-refractivity contribution in [3.8, 4) is 0 Å². The van der Waals surface area contributed by atoms with Gasteiger partial charge in [-0.1, -0.05) is 12.2 Å². The molecule has 1 aromatic rings. The number of nitro groups is 1. The first-order valence-electron chi connectivity index (χ1n) is 6.71. The summed E-state index contributed by atoms with van der Waals surface area (Å²) in [6, 6.07) is 2.35. The van der Waals surface area contributed by atoms with Gasteiger partial charge in [0.25, 0.3) is 5.69 Å². The van der Waals surface area contributed by atoms with Gasteiger partial charge in [-0.25, -0.2) is 0 Å². The van der Waals surface area contributed by atoms with Gasteiger partial charge in [-0.3, -0.25) is 15.5 Å². The highest BCUT2D eigenvalue weighted by molar-refractivity contribution is 5.94. The summed E-state index contributed by atoms with van der Waals surface area (Å²) >= 11 is 0. The molecular formula is C14H12F3N3O2. The third-order valence-electron chi connectivity index (χ3n) is 4.00. The second-order valence-corrected chi connectivity index (χ2v) is 5.34. The second-order valence-electron chi connectivity index (χ2n) is 5.34. The van der Waals surface area contributed by atoms with Gasteiger partial charge in [0.05, 0.1) is 10.5 Å². The summed E-state index contributed by atoms with van der Waals surface area (Å²) < 4.78 is 37.8. The standard InChI is InChI=1S/C14H12F3N3O2/c15-14(16,17)9-4-5-11(13(7-9)20(21)22)18-19-12-6-8-2-1-3-10(8)12/h1-2,4-5,7-8,10,18H,3,6H2/b19-12-/t8-,10+/m0/s1. The highest BCUT2D eigenvalue weighted by atomic mass is 19.4. The van der Waals surface area contributed by atoms with E-state index in [-0.39, 0.29) is 5.69 Å². The number of nitro benzene ring substituents is 1. The molecule has 0 saturated heterocycles. The Kier molecular flexibility index (Phi) is 3.38. The Hall–Kier alpha value is -2.38. The molecule has 1 saturated carbocycles. The number of nitrogens with zero attached hydrogens (tertiary/aromatic N) is 2. The van der Waals surface area contributed by atoms with Crippen LogP contribution >= 0.6 is 0 Å². The minimum atomic E-state index is -4.62. The Morgan fingerprint density at radius 2 is 2.14 bits per heavy atom. The quantitative estimate of drug-likeness (QED) is 0.521. The molecule has 0 unspecified atom stereocenters. The van der Waals surface area contributed by atoms with Gasteiger partial charge >= 0.3 is 6.18 Å². The molecule has 2 aliphatic carbocycles. The maximum absolute atomic E-state index is 12.6. The number of hydrogen-bond acceptors (Lipinski definition) is 4. The van der Waals surface area contributed by atoms with Crippen molar-refractivity contribution in [2.24, 2.45) is 16.9 Å². The number of rotatable bonds is 3. The fourth-order valence-electron chi connectivity index (χ4n) is 2.75. The molecule has 0 radical (unpaired) electrons. The van der Waals surface area contributed by atoms with Crippen molar-refractivity contribution in [1.82, 2.24) is 0 Å². The number of alkyl halides is 3. The van der Waals surface area contributed by atoms with E-state index in [1.807, 2.05) is 0 Å². The van der Waals surface area contributed by atoms with Crippen LogP contribution in [0, 0.1) is 22.0 Å². The molecule has 2 aliphatic rings. The van der Waals surface area contributed by atoms with Gasteiger partial charge in [-0.05, 0) is 30.9 Å². The zero-order chi connectivity index (χ0) is 15.9. The van der Waals surface area contributed by atoms with Crippen molar-refractivity contribution in [2.75, 3.05) is 5.43 Å². The van der Waals surface area contributed by atoms with Crippen LogP contribution in [-0.4, -0.2) is 10.6 Å². The van der Waals surface area contributed by atoms with E-state index in [1.54, 1.807) is 0 Å². The number of halogens is 3. The second kappa shape index (κ2) is 5.11. The zero-order valence-corrected chi connectivity index (χ0v) is 11.3. The van der Waals surface area contributed by atoms with Crippen LogP contribution in [0.1, 0.15) is 18.4 Å². The van der Waals surface area contributed by atoms with Crippen LogP contribution in [0.3, 0.4) is 0 Å².